The van der Waals surface area contributed by atoms with Crippen LogP contribution in [0.1, 0.15) is 5.56 Å². The number of hydrogen-bond acceptors (Lipinski definition) is 2. The Morgan fingerprint density at radius 1 is 1.25 bits per heavy atom. The Labute approximate surface area is 79.3 Å². The first kappa shape index (κ1) is 11.4. The van der Waals surface area contributed by atoms with E-state index in [0.29, 0.717) is 0 Å². The van der Waals surface area contributed by atoms with E-state index in [2.05, 4.69) is 6.58 Å². The molecule has 1 rings (SSSR count). The molecule has 0 aliphatic heterocycles. The number of benzene rings is 1. The molecular formula is C8H13ClN2Si. The molecule has 0 saturated carbocycles. The van der Waals surface area contributed by atoms with Crippen LogP contribution >= 0.6 is 11.1 Å². The third-order valence-corrected chi connectivity index (χ3v) is 1.04. The Kier molecular flexibility index (Phi) is 6.70. The molecule has 2 nitrogen and oxygen atoms in total. The lowest BCUT2D eigenvalue weighted by Crippen LogP contribution is -2.29. The largest absolute Gasteiger partial charge is 0.330 e. The quantitative estimate of drug-likeness (QED) is 0.529. The average molecular weight is 201 g/mol. The fraction of sp³-hybridized carbons (Fsp3) is 0. The van der Waals surface area contributed by atoms with Crippen molar-refractivity contribution >= 4 is 25.6 Å². The van der Waals surface area contributed by atoms with E-state index < -0.39 is 8.43 Å². The maximum absolute atomic E-state index is 4.97. The van der Waals surface area contributed by atoms with Crippen molar-refractivity contribution < 1.29 is 0 Å². The van der Waals surface area contributed by atoms with Gasteiger partial charge in [-0.25, -0.2) is 0 Å². The number of nitrogens with two attached hydrogens (primary N) is 2. The van der Waals surface area contributed by atoms with E-state index in [1.165, 1.54) is 5.56 Å². The first-order valence-electron chi connectivity index (χ1n) is 3.49. The molecule has 0 heterocycles. The van der Waals surface area contributed by atoms with E-state index in [1.54, 1.807) is 0 Å². The van der Waals surface area contributed by atoms with E-state index in [9.17, 15) is 0 Å². The van der Waals surface area contributed by atoms with Crippen molar-refractivity contribution in [3.8, 4) is 0 Å². The molecule has 0 spiro atoms. The molecule has 0 aliphatic rings. The van der Waals surface area contributed by atoms with Gasteiger partial charge in [0, 0.05) is 0 Å². The standard InChI is InChI=1S/C8H8.ClH5N2Si/c1-2-8-6-4-3-5-7-8;1-4(2)3/h2-7H,1H2;4H,2-3H2. The Morgan fingerprint density at radius 3 is 1.92 bits per heavy atom. The second-order valence-corrected chi connectivity index (χ2v) is 4.46. The van der Waals surface area contributed by atoms with E-state index >= 15 is 0 Å². The summed E-state index contributed by atoms with van der Waals surface area (Å²) in [4.78, 5) is 0. The minimum atomic E-state index is -1.67. The lowest BCUT2D eigenvalue weighted by Gasteiger charge is -1.85. The van der Waals surface area contributed by atoms with Gasteiger partial charge in [-0.2, -0.15) is 0 Å². The minimum Gasteiger partial charge on any atom is -0.330 e. The van der Waals surface area contributed by atoms with E-state index in [-0.39, 0.29) is 0 Å². The summed E-state index contributed by atoms with van der Waals surface area (Å²) >= 11 is 4.97. The van der Waals surface area contributed by atoms with Gasteiger partial charge in [-0.3, -0.25) is 0 Å². The maximum atomic E-state index is 4.97. The van der Waals surface area contributed by atoms with Gasteiger partial charge in [-0.05, 0) is 5.56 Å². The summed E-state index contributed by atoms with van der Waals surface area (Å²) < 4.78 is 0. The van der Waals surface area contributed by atoms with Crippen LogP contribution in [-0.2, 0) is 0 Å². The summed E-state index contributed by atoms with van der Waals surface area (Å²) in [5.41, 5.74) is 1.17. The predicted molar refractivity (Wildman–Crippen MR) is 57.9 cm³/mol. The van der Waals surface area contributed by atoms with Crippen molar-refractivity contribution in [2.75, 3.05) is 0 Å². The third-order valence-electron chi connectivity index (χ3n) is 1.04. The zero-order chi connectivity index (χ0) is 9.40. The Hall–Kier alpha value is -0.613. The molecule has 0 aromatic heterocycles. The van der Waals surface area contributed by atoms with Crippen LogP contribution < -0.4 is 10.8 Å². The third kappa shape index (κ3) is 7.49. The first-order valence-corrected chi connectivity index (χ1v) is 6.57. The van der Waals surface area contributed by atoms with E-state index in [0.717, 1.165) is 0 Å². The van der Waals surface area contributed by atoms with E-state index in [1.807, 2.05) is 36.4 Å². The fourth-order valence-electron chi connectivity index (χ4n) is 0.589. The highest BCUT2D eigenvalue weighted by Gasteiger charge is 1.77. The first-order chi connectivity index (χ1) is 5.66. The van der Waals surface area contributed by atoms with Crippen LogP contribution in [0.4, 0.5) is 0 Å². The van der Waals surface area contributed by atoms with Crippen molar-refractivity contribution in [2.24, 2.45) is 10.8 Å². The molecule has 0 fully saturated rings. The topological polar surface area (TPSA) is 52.0 Å². The molecule has 0 amide bonds. The van der Waals surface area contributed by atoms with Crippen molar-refractivity contribution in [3.05, 3.63) is 42.5 Å². The SMILES string of the molecule is C=Cc1ccccc1.N[SiH](N)Cl. The van der Waals surface area contributed by atoms with Gasteiger partial charge in [0.05, 0.1) is 0 Å². The lowest BCUT2D eigenvalue weighted by atomic mass is 10.2. The molecule has 1 aromatic carbocycles. The molecule has 4 N–H and O–H groups in total. The fourth-order valence-corrected chi connectivity index (χ4v) is 0.589. The zero-order valence-electron chi connectivity index (χ0n) is 6.78. The smallest absolute Gasteiger partial charge is 0.280 e. The van der Waals surface area contributed by atoms with Gasteiger partial charge in [0.15, 0.2) is 0 Å². The highest BCUT2D eigenvalue weighted by molar-refractivity contribution is 7.03. The second-order valence-electron chi connectivity index (χ2n) is 2.06. The van der Waals surface area contributed by atoms with Crippen LogP contribution in [0.3, 0.4) is 0 Å². The molecule has 4 heteroatoms. The Balaban J connectivity index is 0.000000261. The highest BCUT2D eigenvalue weighted by Crippen LogP contribution is 1.97. The molecular weight excluding hydrogens is 188 g/mol. The number of rotatable bonds is 1. The van der Waals surface area contributed by atoms with Gasteiger partial charge in [-0.15, -0.1) is 11.1 Å². The van der Waals surface area contributed by atoms with Gasteiger partial charge in [0.1, 0.15) is 0 Å². The number of hydrogen-bond donors (Lipinski definition) is 2. The van der Waals surface area contributed by atoms with Gasteiger partial charge < -0.3 is 10.8 Å². The van der Waals surface area contributed by atoms with Crippen molar-refractivity contribution in [3.63, 3.8) is 0 Å². The summed E-state index contributed by atoms with van der Waals surface area (Å²) in [5.74, 6) is 0. The van der Waals surface area contributed by atoms with Gasteiger partial charge in [-0.1, -0.05) is 43.0 Å². The van der Waals surface area contributed by atoms with Crippen LogP contribution in [0.15, 0.2) is 36.9 Å². The molecule has 0 bridgehead atoms. The lowest BCUT2D eigenvalue weighted by molar-refractivity contribution is 1.67. The van der Waals surface area contributed by atoms with Crippen molar-refractivity contribution in [1.82, 2.24) is 0 Å². The maximum Gasteiger partial charge on any atom is 0.280 e. The Bertz CT molecular complexity index is 211. The van der Waals surface area contributed by atoms with E-state index in [4.69, 9.17) is 21.9 Å². The monoisotopic (exact) mass is 200 g/mol. The van der Waals surface area contributed by atoms with Crippen LogP contribution in [0.5, 0.6) is 0 Å². The number of halogens is 1. The molecule has 0 unspecified atom stereocenters. The van der Waals surface area contributed by atoms with Crippen LogP contribution in [0, 0.1) is 0 Å². The summed E-state index contributed by atoms with van der Waals surface area (Å²) in [6, 6.07) is 10.0. The van der Waals surface area contributed by atoms with Gasteiger partial charge >= 0.3 is 0 Å². The molecule has 0 saturated heterocycles. The molecule has 0 atom stereocenters. The molecule has 1 aromatic rings. The summed E-state index contributed by atoms with van der Waals surface area (Å²) in [6.45, 7) is 3.63. The summed E-state index contributed by atoms with van der Waals surface area (Å²) in [5, 5.41) is 9.59. The predicted octanol–water partition coefficient (Wildman–Crippen LogP) is 1.19. The Morgan fingerprint density at radius 2 is 1.67 bits per heavy atom. The van der Waals surface area contributed by atoms with Gasteiger partial charge in [0.25, 0.3) is 8.43 Å². The molecule has 12 heavy (non-hydrogen) atoms. The second kappa shape index (κ2) is 7.06. The van der Waals surface area contributed by atoms with Crippen molar-refractivity contribution in [1.29, 1.82) is 0 Å². The van der Waals surface area contributed by atoms with Crippen LogP contribution in [0.2, 0.25) is 0 Å². The molecule has 66 valence electrons. The minimum absolute atomic E-state index is 1.17. The van der Waals surface area contributed by atoms with Crippen LogP contribution in [0.25, 0.3) is 6.08 Å². The zero-order valence-corrected chi connectivity index (χ0v) is 8.69. The average Bonchev–Trinajstić information content (AvgIpc) is 2.05. The highest BCUT2D eigenvalue weighted by atomic mass is 35.6. The molecule has 0 radical (unpaired) electrons. The van der Waals surface area contributed by atoms with Crippen molar-refractivity contribution in [2.45, 2.75) is 0 Å². The normalized spacial score (nSPS) is 8.67. The summed E-state index contributed by atoms with van der Waals surface area (Å²) in [6.07, 6.45) is 1.83. The van der Waals surface area contributed by atoms with Gasteiger partial charge in [0.2, 0.25) is 0 Å². The summed E-state index contributed by atoms with van der Waals surface area (Å²) in [7, 11) is -1.67. The molecule has 0 aliphatic carbocycles. The van der Waals surface area contributed by atoms with Crippen LogP contribution in [-0.4, -0.2) is 8.43 Å².